The second-order valence-electron chi connectivity index (χ2n) is 7.27. The maximum Gasteiger partial charge on any atom is 0.342 e. The van der Waals surface area contributed by atoms with Gasteiger partial charge in [0.15, 0.2) is 17.6 Å². The molecule has 160 valence electrons. The number of para-hydroxylation sites is 1. The smallest absolute Gasteiger partial charge is 0.342 e. The summed E-state index contributed by atoms with van der Waals surface area (Å²) < 4.78 is 11.2. The molecule has 0 spiro atoms. The monoisotopic (exact) mass is 427 g/mol. The van der Waals surface area contributed by atoms with Gasteiger partial charge >= 0.3 is 5.97 Å². The van der Waals surface area contributed by atoms with Crippen molar-refractivity contribution >= 4 is 22.8 Å². The molecular weight excluding hydrogens is 406 g/mol. The fraction of sp³-hybridized carbons (Fsp3) is 0.115. The van der Waals surface area contributed by atoms with Crippen LogP contribution in [0.5, 0.6) is 0 Å². The summed E-state index contributed by atoms with van der Waals surface area (Å²) in [6.45, 7) is 1.58. The van der Waals surface area contributed by atoms with Crippen LogP contribution < -0.4 is 10.7 Å². The molecule has 0 fully saturated rings. The number of nitrogens with one attached hydrogen (secondary N) is 1. The van der Waals surface area contributed by atoms with Gasteiger partial charge in [0.2, 0.25) is 0 Å². The molecule has 4 aromatic rings. The van der Waals surface area contributed by atoms with Gasteiger partial charge in [-0.3, -0.25) is 9.59 Å². The van der Waals surface area contributed by atoms with Crippen molar-refractivity contribution in [1.29, 1.82) is 0 Å². The van der Waals surface area contributed by atoms with Crippen LogP contribution in [-0.4, -0.2) is 18.5 Å². The molecule has 0 radical (unpaired) electrons. The molecule has 0 unspecified atom stereocenters. The van der Waals surface area contributed by atoms with Crippen molar-refractivity contribution in [3.63, 3.8) is 0 Å². The molecule has 1 N–H and O–H groups in total. The summed E-state index contributed by atoms with van der Waals surface area (Å²) >= 11 is 0. The highest BCUT2D eigenvalue weighted by Gasteiger charge is 2.20. The topological polar surface area (TPSA) is 85.6 Å². The van der Waals surface area contributed by atoms with E-state index in [1.165, 1.54) is 6.07 Å². The Balaban J connectivity index is 1.56. The van der Waals surface area contributed by atoms with E-state index in [2.05, 4.69) is 5.32 Å². The Morgan fingerprint density at radius 1 is 0.906 bits per heavy atom. The van der Waals surface area contributed by atoms with Crippen LogP contribution in [0.3, 0.4) is 0 Å². The number of esters is 1. The summed E-state index contributed by atoms with van der Waals surface area (Å²) in [4.78, 5) is 37.7. The maximum atomic E-state index is 12.9. The molecule has 4 rings (SSSR count). The van der Waals surface area contributed by atoms with Crippen molar-refractivity contribution in [2.24, 2.45) is 0 Å². The summed E-state index contributed by atoms with van der Waals surface area (Å²) in [5, 5.41) is 2.98. The number of ether oxygens (including phenoxy) is 1. The minimum atomic E-state index is -0.739. The van der Waals surface area contributed by atoms with Crippen LogP contribution in [0.15, 0.2) is 88.1 Å². The summed E-state index contributed by atoms with van der Waals surface area (Å²) in [6.07, 6.45) is 0. The van der Waals surface area contributed by atoms with Gasteiger partial charge in [-0.2, -0.15) is 0 Å². The molecule has 32 heavy (non-hydrogen) atoms. The Labute approximate surface area is 184 Å². The molecule has 0 aliphatic heterocycles. The Bertz CT molecular complexity index is 1330. The van der Waals surface area contributed by atoms with Crippen LogP contribution in [0.2, 0.25) is 0 Å². The highest BCUT2D eigenvalue weighted by molar-refractivity contribution is 6.02. The fourth-order valence-electron chi connectivity index (χ4n) is 3.39. The number of hydrogen-bond acceptors (Lipinski definition) is 5. The third kappa shape index (κ3) is 4.44. The van der Waals surface area contributed by atoms with Crippen molar-refractivity contribution in [3.05, 3.63) is 106 Å². The third-order valence-corrected chi connectivity index (χ3v) is 5.07. The number of rotatable bonds is 6. The number of carbonyl (C=O) groups excluding carboxylic acids is 2. The summed E-state index contributed by atoms with van der Waals surface area (Å²) in [5.41, 5.74) is 2.12. The SMILES string of the molecule is Cc1c(-c2ccccc2)oc2c(C(=O)OCC(=O)NCc3ccccc3)cccc2c1=O. The number of amides is 1. The summed E-state index contributed by atoms with van der Waals surface area (Å²) in [5.74, 6) is -0.773. The van der Waals surface area contributed by atoms with Gasteiger partial charge in [-0.05, 0) is 24.6 Å². The molecule has 1 amide bonds. The molecule has 0 bridgehead atoms. The third-order valence-electron chi connectivity index (χ3n) is 5.07. The Morgan fingerprint density at radius 2 is 1.59 bits per heavy atom. The van der Waals surface area contributed by atoms with Gasteiger partial charge in [0.25, 0.3) is 5.91 Å². The molecule has 0 aliphatic carbocycles. The minimum Gasteiger partial charge on any atom is -0.455 e. The van der Waals surface area contributed by atoms with E-state index < -0.39 is 18.5 Å². The second kappa shape index (κ2) is 9.31. The number of hydrogen-bond donors (Lipinski definition) is 1. The predicted molar refractivity (Wildman–Crippen MR) is 121 cm³/mol. The highest BCUT2D eigenvalue weighted by atomic mass is 16.5. The quantitative estimate of drug-likeness (QED) is 0.465. The lowest BCUT2D eigenvalue weighted by Gasteiger charge is -2.10. The van der Waals surface area contributed by atoms with Gasteiger partial charge in [0.05, 0.1) is 5.39 Å². The number of carbonyl (C=O) groups is 2. The molecule has 0 saturated heterocycles. The zero-order valence-corrected chi connectivity index (χ0v) is 17.5. The van der Waals surface area contributed by atoms with Crippen molar-refractivity contribution in [2.75, 3.05) is 6.61 Å². The summed E-state index contributed by atoms with van der Waals surface area (Å²) in [6, 6.07) is 23.3. The van der Waals surface area contributed by atoms with Crippen LogP contribution in [0.4, 0.5) is 0 Å². The minimum absolute atomic E-state index is 0.0904. The highest BCUT2D eigenvalue weighted by Crippen LogP contribution is 2.27. The lowest BCUT2D eigenvalue weighted by Crippen LogP contribution is -2.28. The van der Waals surface area contributed by atoms with Gasteiger partial charge in [0.1, 0.15) is 11.3 Å². The molecule has 1 heterocycles. The van der Waals surface area contributed by atoms with E-state index in [9.17, 15) is 14.4 Å². The van der Waals surface area contributed by atoms with E-state index in [4.69, 9.17) is 9.15 Å². The zero-order chi connectivity index (χ0) is 22.5. The van der Waals surface area contributed by atoms with E-state index in [0.29, 0.717) is 17.9 Å². The van der Waals surface area contributed by atoms with Gasteiger partial charge in [0, 0.05) is 17.7 Å². The molecule has 0 saturated carbocycles. The van der Waals surface area contributed by atoms with E-state index in [0.717, 1.165) is 11.1 Å². The van der Waals surface area contributed by atoms with E-state index >= 15 is 0 Å². The van der Waals surface area contributed by atoms with Crippen molar-refractivity contribution in [1.82, 2.24) is 5.32 Å². The molecule has 6 heteroatoms. The molecule has 1 aromatic heterocycles. The van der Waals surface area contributed by atoms with Gasteiger partial charge < -0.3 is 14.5 Å². The van der Waals surface area contributed by atoms with E-state index in [1.807, 2.05) is 60.7 Å². The standard InChI is InChI=1S/C26H21NO5/c1-17-23(29)20-13-8-14-21(25(20)32-24(17)19-11-6-3-7-12-19)26(30)31-16-22(28)27-15-18-9-4-2-5-10-18/h2-14H,15-16H2,1H3,(H,27,28). The molecule has 0 atom stereocenters. The molecule has 6 nitrogen and oxygen atoms in total. The van der Waals surface area contributed by atoms with Crippen LogP contribution in [0.1, 0.15) is 21.5 Å². The normalized spacial score (nSPS) is 10.7. The van der Waals surface area contributed by atoms with Gasteiger partial charge in [-0.1, -0.05) is 66.7 Å². The Kier molecular flexibility index (Phi) is 6.12. The van der Waals surface area contributed by atoms with Crippen molar-refractivity contribution in [2.45, 2.75) is 13.5 Å². The average molecular weight is 427 g/mol. The first-order valence-electron chi connectivity index (χ1n) is 10.1. The van der Waals surface area contributed by atoms with Crippen LogP contribution >= 0.6 is 0 Å². The number of fused-ring (bicyclic) bond motifs is 1. The van der Waals surface area contributed by atoms with Crippen molar-refractivity contribution < 1.29 is 18.7 Å². The van der Waals surface area contributed by atoms with Gasteiger partial charge in [-0.25, -0.2) is 4.79 Å². The lowest BCUT2D eigenvalue weighted by atomic mass is 10.0. The lowest BCUT2D eigenvalue weighted by molar-refractivity contribution is -0.124. The van der Waals surface area contributed by atoms with Gasteiger partial charge in [-0.15, -0.1) is 0 Å². The summed E-state index contributed by atoms with van der Waals surface area (Å²) in [7, 11) is 0. The first kappa shape index (κ1) is 21.1. The fourth-order valence-corrected chi connectivity index (χ4v) is 3.39. The van der Waals surface area contributed by atoms with E-state index in [-0.39, 0.29) is 22.0 Å². The first-order valence-corrected chi connectivity index (χ1v) is 10.1. The Hall–Kier alpha value is -4.19. The molecule has 3 aromatic carbocycles. The molecular formula is C26H21NO5. The second-order valence-corrected chi connectivity index (χ2v) is 7.27. The largest absolute Gasteiger partial charge is 0.455 e. The predicted octanol–water partition coefficient (Wildman–Crippen LogP) is 4.24. The average Bonchev–Trinajstić information content (AvgIpc) is 2.84. The first-order chi connectivity index (χ1) is 15.5. The van der Waals surface area contributed by atoms with Crippen LogP contribution in [0.25, 0.3) is 22.3 Å². The van der Waals surface area contributed by atoms with E-state index in [1.54, 1.807) is 19.1 Å². The molecule has 0 aliphatic rings. The Morgan fingerprint density at radius 3 is 2.31 bits per heavy atom. The van der Waals surface area contributed by atoms with Crippen LogP contribution in [0, 0.1) is 6.92 Å². The maximum absolute atomic E-state index is 12.9. The van der Waals surface area contributed by atoms with Crippen LogP contribution in [-0.2, 0) is 16.1 Å². The zero-order valence-electron chi connectivity index (χ0n) is 17.5. The number of benzene rings is 3. The van der Waals surface area contributed by atoms with Crippen molar-refractivity contribution in [3.8, 4) is 11.3 Å².